The number of aromatic amines is 1. The summed E-state index contributed by atoms with van der Waals surface area (Å²) in [5.41, 5.74) is 11.3. The lowest BCUT2D eigenvalue weighted by Gasteiger charge is -2.27. The summed E-state index contributed by atoms with van der Waals surface area (Å²) < 4.78 is 0. The molecule has 1 unspecified atom stereocenters. The van der Waals surface area contributed by atoms with Crippen LogP contribution in [-0.4, -0.2) is 39.2 Å². The fraction of sp³-hybridized carbons (Fsp3) is 0.216. The van der Waals surface area contributed by atoms with Crippen molar-refractivity contribution in [1.29, 1.82) is 0 Å². The standard InChI is InChI=1S/C37H37N5O3/c1-37(2,38)36(45)41-32(20-27-21-39-31-16-10-9-15-30(27)31)35(44)42-22-26-17-18-29(19-28(26)23-42)40-34(43)33(24-11-5-3-6-12-24)25-13-7-4-8-14-25/h3-19,21,32-33,39H,20,22-23,38H2,1-2H3,(H,40,43)(H,41,45). The Morgan fingerprint density at radius 1 is 0.844 bits per heavy atom. The fourth-order valence-electron chi connectivity index (χ4n) is 5.91. The average molecular weight is 600 g/mol. The Kier molecular flexibility index (Phi) is 8.24. The number of benzene rings is 4. The topological polar surface area (TPSA) is 120 Å². The molecule has 2 heterocycles. The van der Waals surface area contributed by atoms with Crippen molar-refractivity contribution in [3.05, 3.63) is 137 Å². The van der Waals surface area contributed by atoms with Gasteiger partial charge in [0.25, 0.3) is 0 Å². The van der Waals surface area contributed by atoms with E-state index >= 15 is 0 Å². The molecule has 0 aliphatic carbocycles. The molecular weight excluding hydrogens is 562 g/mol. The second-order valence-corrected chi connectivity index (χ2v) is 12.2. The summed E-state index contributed by atoms with van der Waals surface area (Å²) in [6, 6.07) is 32.3. The smallest absolute Gasteiger partial charge is 0.246 e. The van der Waals surface area contributed by atoms with Gasteiger partial charge in [0.05, 0.1) is 11.5 Å². The molecule has 228 valence electrons. The van der Waals surface area contributed by atoms with Crippen LogP contribution in [-0.2, 0) is 33.9 Å². The monoisotopic (exact) mass is 599 g/mol. The molecule has 8 nitrogen and oxygen atoms in total. The van der Waals surface area contributed by atoms with Crippen molar-refractivity contribution in [2.75, 3.05) is 5.32 Å². The lowest BCUT2D eigenvalue weighted by atomic mass is 9.90. The number of anilines is 1. The molecule has 3 amide bonds. The van der Waals surface area contributed by atoms with Gasteiger partial charge in [-0.15, -0.1) is 0 Å². The van der Waals surface area contributed by atoms with Gasteiger partial charge in [-0.1, -0.05) is 84.9 Å². The maximum Gasteiger partial charge on any atom is 0.246 e. The van der Waals surface area contributed by atoms with Gasteiger partial charge in [-0.3, -0.25) is 14.4 Å². The van der Waals surface area contributed by atoms with Crippen LogP contribution in [0.3, 0.4) is 0 Å². The molecule has 1 aliphatic rings. The molecule has 0 saturated carbocycles. The fourth-order valence-corrected chi connectivity index (χ4v) is 5.91. The highest BCUT2D eigenvalue weighted by Gasteiger charge is 2.34. The molecule has 8 heteroatoms. The molecule has 45 heavy (non-hydrogen) atoms. The zero-order chi connectivity index (χ0) is 31.6. The van der Waals surface area contributed by atoms with Gasteiger partial charge in [0.2, 0.25) is 17.7 Å². The SMILES string of the molecule is CC(C)(N)C(=O)NC(Cc1c[nH]c2ccccc12)C(=O)N1Cc2ccc(NC(=O)C(c3ccccc3)c3ccccc3)cc2C1. The third kappa shape index (κ3) is 6.51. The van der Waals surface area contributed by atoms with E-state index in [1.807, 2.05) is 109 Å². The van der Waals surface area contributed by atoms with E-state index in [1.54, 1.807) is 18.7 Å². The van der Waals surface area contributed by atoms with Crippen LogP contribution >= 0.6 is 0 Å². The molecule has 0 radical (unpaired) electrons. The molecule has 1 aliphatic heterocycles. The Morgan fingerprint density at radius 2 is 1.47 bits per heavy atom. The number of H-pyrrole nitrogens is 1. The van der Waals surface area contributed by atoms with Crippen molar-refractivity contribution in [1.82, 2.24) is 15.2 Å². The third-order valence-electron chi connectivity index (χ3n) is 8.32. The van der Waals surface area contributed by atoms with Gasteiger partial charge in [-0.25, -0.2) is 0 Å². The first-order valence-electron chi connectivity index (χ1n) is 15.1. The quantitative estimate of drug-likeness (QED) is 0.185. The minimum atomic E-state index is -1.14. The molecule has 0 saturated heterocycles. The molecule has 6 rings (SSSR count). The zero-order valence-corrected chi connectivity index (χ0v) is 25.4. The van der Waals surface area contributed by atoms with Crippen LogP contribution in [0.15, 0.2) is 109 Å². The van der Waals surface area contributed by atoms with Crippen molar-refractivity contribution in [2.45, 2.75) is 50.9 Å². The minimum absolute atomic E-state index is 0.135. The second kappa shape index (κ2) is 12.4. The lowest BCUT2D eigenvalue weighted by Crippen LogP contribution is -2.56. The van der Waals surface area contributed by atoms with Crippen LogP contribution in [0.1, 0.15) is 47.6 Å². The predicted molar refractivity (Wildman–Crippen MR) is 176 cm³/mol. The highest BCUT2D eigenvalue weighted by molar-refractivity contribution is 5.98. The van der Waals surface area contributed by atoms with Crippen LogP contribution in [0.5, 0.6) is 0 Å². The summed E-state index contributed by atoms with van der Waals surface area (Å²) in [5.74, 6) is -1.19. The molecule has 0 fully saturated rings. The number of fused-ring (bicyclic) bond motifs is 2. The molecule has 1 atom stereocenters. The van der Waals surface area contributed by atoms with E-state index in [2.05, 4.69) is 15.6 Å². The van der Waals surface area contributed by atoms with Gasteiger partial charge < -0.3 is 26.3 Å². The molecule has 5 aromatic rings. The number of hydrogen-bond acceptors (Lipinski definition) is 4. The first-order valence-corrected chi connectivity index (χ1v) is 15.1. The summed E-state index contributed by atoms with van der Waals surface area (Å²) in [7, 11) is 0. The number of rotatable bonds is 9. The first kappa shape index (κ1) is 29.8. The van der Waals surface area contributed by atoms with E-state index in [9.17, 15) is 14.4 Å². The number of nitrogens with one attached hydrogen (secondary N) is 3. The number of hydrogen-bond donors (Lipinski definition) is 4. The van der Waals surface area contributed by atoms with Crippen molar-refractivity contribution in [3.8, 4) is 0 Å². The average Bonchev–Trinajstić information content (AvgIpc) is 3.65. The maximum atomic E-state index is 14.0. The summed E-state index contributed by atoms with van der Waals surface area (Å²) in [6.45, 7) is 4.02. The number of nitrogens with two attached hydrogens (primary N) is 1. The Labute approximate surface area is 262 Å². The first-order chi connectivity index (χ1) is 21.7. The Hall–Kier alpha value is -5.21. The van der Waals surface area contributed by atoms with E-state index in [-0.39, 0.29) is 11.8 Å². The number of para-hydroxylation sites is 1. The Balaban J connectivity index is 1.20. The highest BCUT2D eigenvalue weighted by atomic mass is 16.2. The number of aromatic nitrogens is 1. The van der Waals surface area contributed by atoms with Crippen LogP contribution < -0.4 is 16.4 Å². The maximum absolute atomic E-state index is 14.0. The third-order valence-corrected chi connectivity index (χ3v) is 8.32. The molecule has 4 aromatic carbocycles. The van der Waals surface area contributed by atoms with Crippen molar-refractivity contribution < 1.29 is 14.4 Å². The lowest BCUT2D eigenvalue weighted by molar-refractivity contribution is -0.138. The summed E-state index contributed by atoms with van der Waals surface area (Å²) in [4.78, 5) is 45.6. The van der Waals surface area contributed by atoms with Crippen LogP contribution in [0.4, 0.5) is 5.69 Å². The van der Waals surface area contributed by atoms with Gasteiger partial charge in [0, 0.05) is 42.3 Å². The minimum Gasteiger partial charge on any atom is -0.361 e. The summed E-state index contributed by atoms with van der Waals surface area (Å²) >= 11 is 0. The Morgan fingerprint density at radius 3 is 2.13 bits per heavy atom. The van der Waals surface area contributed by atoms with Crippen LogP contribution in [0, 0.1) is 0 Å². The largest absolute Gasteiger partial charge is 0.361 e. The van der Waals surface area contributed by atoms with Gasteiger partial charge in [-0.05, 0) is 59.9 Å². The molecule has 5 N–H and O–H groups in total. The van der Waals surface area contributed by atoms with Crippen molar-refractivity contribution in [2.24, 2.45) is 5.73 Å². The summed E-state index contributed by atoms with van der Waals surface area (Å²) in [5, 5.41) is 7.03. The van der Waals surface area contributed by atoms with Gasteiger partial charge in [0.1, 0.15) is 6.04 Å². The van der Waals surface area contributed by atoms with Gasteiger partial charge in [0.15, 0.2) is 0 Å². The number of amides is 3. The zero-order valence-electron chi connectivity index (χ0n) is 25.4. The molecule has 0 bridgehead atoms. The van der Waals surface area contributed by atoms with Crippen molar-refractivity contribution in [3.63, 3.8) is 0 Å². The van der Waals surface area contributed by atoms with E-state index in [0.29, 0.717) is 25.2 Å². The van der Waals surface area contributed by atoms with E-state index in [0.717, 1.165) is 38.7 Å². The highest BCUT2D eigenvalue weighted by Crippen LogP contribution is 2.30. The normalized spacial score (nSPS) is 13.5. The Bertz CT molecular complexity index is 1800. The van der Waals surface area contributed by atoms with Gasteiger partial charge in [-0.2, -0.15) is 0 Å². The molecule has 0 spiro atoms. The molecular formula is C37H37N5O3. The predicted octanol–water partition coefficient (Wildman–Crippen LogP) is 5.25. The number of carbonyl (C=O) groups is 3. The van der Waals surface area contributed by atoms with Crippen LogP contribution in [0.25, 0.3) is 10.9 Å². The summed E-state index contributed by atoms with van der Waals surface area (Å²) in [6.07, 6.45) is 2.20. The van der Waals surface area contributed by atoms with Gasteiger partial charge >= 0.3 is 0 Å². The number of carbonyl (C=O) groups excluding carboxylic acids is 3. The number of nitrogens with zero attached hydrogens (tertiary/aromatic N) is 1. The van der Waals surface area contributed by atoms with E-state index < -0.39 is 23.4 Å². The van der Waals surface area contributed by atoms with E-state index in [1.165, 1.54) is 0 Å². The van der Waals surface area contributed by atoms with Crippen LogP contribution in [0.2, 0.25) is 0 Å². The molecule has 1 aromatic heterocycles. The van der Waals surface area contributed by atoms with E-state index in [4.69, 9.17) is 5.73 Å². The second-order valence-electron chi connectivity index (χ2n) is 12.2. The van der Waals surface area contributed by atoms with Crippen molar-refractivity contribution >= 4 is 34.3 Å².